The first-order chi connectivity index (χ1) is 11.7. The summed E-state index contributed by atoms with van der Waals surface area (Å²) in [6.45, 7) is 2.00. The van der Waals surface area contributed by atoms with Crippen LogP contribution in [0, 0.1) is 6.92 Å². The zero-order valence-electron chi connectivity index (χ0n) is 13.4. The van der Waals surface area contributed by atoms with Crippen LogP contribution in [0.4, 0.5) is 0 Å². The van der Waals surface area contributed by atoms with Gasteiger partial charge in [-0.15, -0.1) is 0 Å². The van der Waals surface area contributed by atoms with E-state index in [0.29, 0.717) is 6.42 Å². The number of rotatable bonds is 5. The minimum absolute atomic E-state index is 0.0761. The van der Waals surface area contributed by atoms with Crippen molar-refractivity contribution < 1.29 is 5.11 Å². The molecule has 24 heavy (non-hydrogen) atoms. The molecule has 4 atom stereocenters. The number of nitrogens with zero attached hydrogens (tertiary/aromatic N) is 4. The van der Waals surface area contributed by atoms with Crippen molar-refractivity contribution in [2.24, 2.45) is 0 Å². The molecule has 2 heterocycles. The zero-order valence-corrected chi connectivity index (χ0v) is 13.4. The van der Waals surface area contributed by atoms with Crippen molar-refractivity contribution in [1.29, 1.82) is 0 Å². The molecule has 1 saturated carbocycles. The summed E-state index contributed by atoms with van der Waals surface area (Å²) in [7, 11) is 0. The van der Waals surface area contributed by atoms with Crippen LogP contribution in [-0.4, -0.2) is 42.2 Å². The molecule has 1 aliphatic rings. The van der Waals surface area contributed by atoms with Gasteiger partial charge in [0.25, 0.3) is 0 Å². The van der Waals surface area contributed by atoms with Crippen molar-refractivity contribution in [1.82, 2.24) is 30.3 Å². The number of aliphatic hydroxyl groups excluding tert-OH is 1. The molecule has 0 amide bonds. The Bertz CT molecular complexity index is 785. The van der Waals surface area contributed by atoms with E-state index in [9.17, 15) is 5.11 Å². The lowest BCUT2D eigenvalue weighted by Crippen LogP contribution is -2.55. The molecule has 1 unspecified atom stereocenters. The van der Waals surface area contributed by atoms with Crippen LogP contribution in [0.2, 0.25) is 0 Å². The van der Waals surface area contributed by atoms with Crippen molar-refractivity contribution in [3.05, 3.63) is 66.0 Å². The molecule has 0 saturated heterocycles. The fraction of sp³-hybridized carbons (Fsp3) is 0.353. The normalized spacial score (nSPS) is 24.5. The number of aryl methyl sites for hydroxylation is 1. The van der Waals surface area contributed by atoms with Gasteiger partial charge in [-0.25, -0.2) is 4.98 Å². The molecule has 3 aromatic rings. The third kappa shape index (κ3) is 2.72. The van der Waals surface area contributed by atoms with Crippen molar-refractivity contribution in [3.8, 4) is 0 Å². The minimum atomic E-state index is -0.395. The van der Waals surface area contributed by atoms with Gasteiger partial charge in [-0.05, 0) is 24.5 Å². The van der Waals surface area contributed by atoms with Gasteiger partial charge in [-0.3, -0.25) is 15.1 Å². The predicted molar refractivity (Wildman–Crippen MR) is 88.2 cm³/mol. The lowest BCUT2D eigenvalue weighted by molar-refractivity contribution is -0.0106. The first-order valence-corrected chi connectivity index (χ1v) is 8.07. The highest BCUT2D eigenvalue weighted by Gasteiger charge is 2.43. The molecule has 4 rings (SSSR count). The van der Waals surface area contributed by atoms with Crippen LogP contribution in [0.25, 0.3) is 0 Å². The maximum Gasteiger partial charge on any atom is 0.145 e. The second kappa shape index (κ2) is 6.18. The molecule has 124 valence electrons. The zero-order chi connectivity index (χ0) is 16.5. The van der Waals surface area contributed by atoms with Crippen LogP contribution in [-0.2, 0) is 0 Å². The Balaban J connectivity index is 1.59. The summed E-state index contributed by atoms with van der Waals surface area (Å²) in [6, 6.07) is 10.0. The van der Waals surface area contributed by atoms with Crippen LogP contribution in [0.5, 0.6) is 0 Å². The molecule has 2 aromatic heterocycles. The minimum Gasteiger partial charge on any atom is -0.391 e. The Morgan fingerprint density at radius 2 is 2.17 bits per heavy atom. The van der Waals surface area contributed by atoms with E-state index in [2.05, 4.69) is 37.7 Å². The Morgan fingerprint density at radius 3 is 2.79 bits per heavy atom. The van der Waals surface area contributed by atoms with E-state index in [-0.39, 0.29) is 18.1 Å². The van der Waals surface area contributed by atoms with Gasteiger partial charge in [0, 0.05) is 12.2 Å². The van der Waals surface area contributed by atoms with E-state index in [4.69, 9.17) is 0 Å². The fourth-order valence-electron chi connectivity index (χ4n) is 3.28. The van der Waals surface area contributed by atoms with E-state index in [1.165, 1.54) is 6.33 Å². The lowest BCUT2D eigenvalue weighted by atomic mass is 9.82. The lowest BCUT2D eigenvalue weighted by Gasteiger charge is -2.43. The van der Waals surface area contributed by atoms with E-state index in [1.54, 1.807) is 0 Å². The summed E-state index contributed by atoms with van der Waals surface area (Å²) in [5.41, 5.74) is 2.19. The molecule has 7 heteroatoms. The molecular formula is C17H20N6O. The van der Waals surface area contributed by atoms with Crippen molar-refractivity contribution >= 4 is 0 Å². The van der Waals surface area contributed by atoms with E-state index >= 15 is 0 Å². The summed E-state index contributed by atoms with van der Waals surface area (Å²) in [6.07, 6.45) is 5.58. The molecule has 0 aliphatic heterocycles. The SMILES string of the molecule is Cc1cnn([C@H]2[C@H](O)C[C@@H]2NC(c2ccccc2)c2ncn[nH]2)c1. The van der Waals surface area contributed by atoms with E-state index in [0.717, 1.165) is 17.0 Å². The first-order valence-electron chi connectivity index (χ1n) is 8.07. The van der Waals surface area contributed by atoms with Gasteiger partial charge < -0.3 is 5.11 Å². The maximum atomic E-state index is 10.2. The molecule has 1 fully saturated rings. The number of benzene rings is 1. The summed E-state index contributed by atoms with van der Waals surface area (Å²) in [5.74, 6) is 0.762. The first kappa shape index (κ1) is 15.0. The summed E-state index contributed by atoms with van der Waals surface area (Å²) in [4.78, 5) is 4.31. The number of hydrogen-bond acceptors (Lipinski definition) is 5. The Kier molecular flexibility index (Phi) is 3.87. The topological polar surface area (TPSA) is 91.7 Å². The average molecular weight is 324 g/mol. The molecule has 0 bridgehead atoms. The molecule has 0 radical (unpaired) electrons. The highest BCUT2D eigenvalue weighted by atomic mass is 16.3. The van der Waals surface area contributed by atoms with Crippen molar-refractivity contribution in [2.45, 2.75) is 37.6 Å². The van der Waals surface area contributed by atoms with Crippen LogP contribution in [0.1, 0.15) is 35.5 Å². The van der Waals surface area contributed by atoms with Gasteiger partial charge in [0.1, 0.15) is 12.2 Å². The van der Waals surface area contributed by atoms with Gasteiger partial charge in [-0.1, -0.05) is 30.3 Å². The van der Waals surface area contributed by atoms with Crippen LogP contribution in [0.3, 0.4) is 0 Å². The van der Waals surface area contributed by atoms with E-state index in [1.807, 2.05) is 42.2 Å². The van der Waals surface area contributed by atoms with Gasteiger partial charge in [-0.2, -0.15) is 10.2 Å². The number of hydrogen-bond donors (Lipinski definition) is 3. The predicted octanol–water partition coefficient (Wildman–Crippen LogP) is 1.36. The summed E-state index contributed by atoms with van der Waals surface area (Å²) in [5, 5.41) is 25.1. The number of nitrogens with one attached hydrogen (secondary N) is 2. The number of aromatic nitrogens is 5. The largest absolute Gasteiger partial charge is 0.391 e. The Labute approximate surface area is 139 Å². The van der Waals surface area contributed by atoms with Crippen LogP contribution in [0.15, 0.2) is 49.1 Å². The highest BCUT2D eigenvalue weighted by molar-refractivity contribution is 5.25. The summed E-state index contributed by atoms with van der Waals surface area (Å²) >= 11 is 0. The number of aromatic amines is 1. The fourth-order valence-corrected chi connectivity index (χ4v) is 3.28. The average Bonchev–Trinajstić information content (AvgIpc) is 3.24. The second-order valence-electron chi connectivity index (χ2n) is 6.28. The Morgan fingerprint density at radius 1 is 1.33 bits per heavy atom. The molecule has 1 aromatic carbocycles. The smallest absolute Gasteiger partial charge is 0.145 e. The summed E-state index contributed by atoms with van der Waals surface area (Å²) < 4.78 is 1.85. The number of H-pyrrole nitrogens is 1. The molecule has 7 nitrogen and oxygen atoms in total. The van der Waals surface area contributed by atoms with Gasteiger partial charge >= 0.3 is 0 Å². The second-order valence-corrected chi connectivity index (χ2v) is 6.28. The molecular weight excluding hydrogens is 304 g/mol. The monoisotopic (exact) mass is 324 g/mol. The maximum absolute atomic E-state index is 10.2. The Hall–Kier alpha value is -2.51. The molecule has 0 spiro atoms. The third-order valence-corrected chi connectivity index (χ3v) is 4.56. The number of aliphatic hydroxyl groups is 1. The standard InChI is InChI=1S/C17H20N6O/c1-11-8-20-23(9-11)16-13(7-14(16)24)21-15(17-18-10-19-22-17)12-5-3-2-4-6-12/h2-6,8-10,13-16,21,24H,7H2,1H3,(H,18,19,22)/t13-,14+,15?,16+/m0/s1. The van der Waals surface area contributed by atoms with Gasteiger partial charge in [0.15, 0.2) is 0 Å². The molecule has 1 aliphatic carbocycles. The van der Waals surface area contributed by atoms with Crippen molar-refractivity contribution in [2.75, 3.05) is 0 Å². The van der Waals surface area contributed by atoms with Gasteiger partial charge in [0.05, 0.1) is 24.4 Å². The quantitative estimate of drug-likeness (QED) is 0.659. The highest BCUT2D eigenvalue weighted by Crippen LogP contribution is 2.35. The van der Waals surface area contributed by atoms with Crippen LogP contribution >= 0.6 is 0 Å². The van der Waals surface area contributed by atoms with Crippen molar-refractivity contribution in [3.63, 3.8) is 0 Å². The van der Waals surface area contributed by atoms with Crippen LogP contribution < -0.4 is 5.32 Å². The van der Waals surface area contributed by atoms with Gasteiger partial charge in [0.2, 0.25) is 0 Å². The molecule has 3 N–H and O–H groups in total. The third-order valence-electron chi connectivity index (χ3n) is 4.56. The van der Waals surface area contributed by atoms with E-state index < -0.39 is 6.10 Å².